The van der Waals surface area contributed by atoms with Gasteiger partial charge < -0.3 is 4.90 Å². The summed E-state index contributed by atoms with van der Waals surface area (Å²) in [4.78, 5) is 11.2. The lowest BCUT2D eigenvalue weighted by Gasteiger charge is -2.33. The quantitative estimate of drug-likeness (QED) is 0.259. The molecule has 0 unspecified atom stereocenters. The van der Waals surface area contributed by atoms with Crippen LogP contribution in [0.5, 0.6) is 0 Å². The van der Waals surface area contributed by atoms with Crippen LogP contribution in [0.1, 0.15) is 11.1 Å². The van der Waals surface area contributed by atoms with Gasteiger partial charge in [0, 0.05) is 35.1 Å². The van der Waals surface area contributed by atoms with E-state index in [0.717, 1.165) is 23.0 Å². The normalized spacial score (nSPS) is 12.5. The highest BCUT2D eigenvalue weighted by atomic mass is 15.2. The molecular weight excluding hydrogens is 414 g/mol. The van der Waals surface area contributed by atoms with E-state index in [1.165, 1.54) is 44.4 Å². The topological polar surface area (TPSA) is 29.0 Å². The molecule has 6 aromatic rings. The molecule has 0 spiro atoms. The van der Waals surface area contributed by atoms with Gasteiger partial charge in [-0.15, -0.1) is 0 Å². The van der Waals surface area contributed by atoms with Gasteiger partial charge in [-0.3, -0.25) is 0 Å². The highest BCUT2D eigenvalue weighted by Gasteiger charge is 2.23. The molecule has 2 heterocycles. The number of nitrogens with zero attached hydrogens (tertiary/aromatic N) is 3. The monoisotopic (exact) mass is 435 g/mol. The summed E-state index contributed by atoms with van der Waals surface area (Å²) in [5.74, 6) is 0. The van der Waals surface area contributed by atoms with Crippen molar-refractivity contribution in [1.29, 1.82) is 0 Å². The lowest BCUT2D eigenvalue weighted by molar-refractivity contribution is 1.09. The Morgan fingerprint density at radius 2 is 1.26 bits per heavy atom. The molecule has 3 heteroatoms. The van der Waals surface area contributed by atoms with Crippen LogP contribution in [0, 0.1) is 0 Å². The smallest absolute Gasteiger partial charge is 0.116 e. The van der Waals surface area contributed by atoms with Gasteiger partial charge in [-0.1, -0.05) is 72.8 Å². The van der Waals surface area contributed by atoms with Crippen LogP contribution in [0.4, 0.5) is 17.1 Å². The number of fused-ring (bicyclic) bond motifs is 5. The molecule has 34 heavy (non-hydrogen) atoms. The minimum Gasteiger partial charge on any atom is -0.310 e. The van der Waals surface area contributed by atoms with Crippen molar-refractivity contribution in [2.24, 2.45) is 0 Å². The Morgan fingerprint density at radius 3 is 2.00 bits per heavy atom. The third-order valence-electron chi connectivity index (χ3n) is 6.81. The summed E-state index contributed by atoms with van der Waals surface area (Å²) < 4.78 is 0. The van der Waals surface area contributed by atoms with Crippen molar-refractivity contribution in [3.05, 3.63) is 127 Å². The molecule has 1 aromatic heterocycles. The first-order valence-electron chi connectivity index (χ1n) is 11.5. The first kappa shape index (κ1) is 19.0. The molecule has 1 aliphatic heterocycles. The van der Waals surface area contributed by atoms with Crippen LogP contribution < -0.4 is 4.90 Å². The van der Waals surface area contributed by atoms with E-state index in [-0.39, 0.29) is 0 Å². The summed E-state index contributed by atoms with van der Waals surface area (Å²) in [5.41, 5.74) is 9.70. The van der Waals surface area contributed by atoms with Crippen molar-refractivity contribution in [3.63, 3.8) is 0 Å². The first-order chi connectivity index (χ1) is 16.9. The van der Waals surface area contributed by atoms with E-state index in [2.05, 4.69) is 118 Å². The number of anilines is 3. The molecule has 5 aromatic carbocycles. The molecule has 3 nitrogen and oxygen atoms in total. The van der Waals surface area contributed by atoms with Gasteiger partial charge in [-0.05, 0) is 63.4 Å². The maximum atomic E-state index is 4.54. The molecular formula is C31H21N3. The lowest BCUT2D eigenvalue weighted by atomic mass is 9.94. The number of benzene rings is 5. The molecule has 160 valence electrons. The van der Waals surface area contributed by atoms with Crippen LogP contribution in [0.25, 0.3) is 32.8 Å². The summed E-state index contributed by atoms with van der Waals surface area (Å²) in [6, 6.07) is 37.0. The number of hydrogen-bond acceptors (Lipinski definition) is 3. The van der Waals surface area contributed by atoms with E-state index in [1.807, 2.05) is 6.20 Å². The second-order valence-electron chi connectivity index (χ2n) is 8.74. The van der Waals surface area contributed by atoms with E-state index < -0.39 is 0 Å². The Hall–Kier alpha value is -4.50. The minimum atomic E-state index is 0.964. The van der Waals surface area contributed by atoms with E-state index in [9.17, 15) is 0 Å². The number of rotatable bonds is 2. The maximum absolute atomic E-state index is 4.54. The molecule has 0 amide bonds. The second-order valence-corrected chi connectivity index (χ2v) is 8.74. The van der Waals surface area contributed by atoms with Crippen molar-refractivity contribution in [1.82, 2.24) is 9.97 Å². The third-order valence-corrected chi connectivity index (χ3v) is 6.81. The summed E-state index contributed by atoms with van der Waals surface area (Å²) in [5, 5.41) is 3.48. The summed E-state index contributed by atoms with van der Waals surface area (Å²) in [6.45, 7) is 0. The molecule has 0 atom stereocenters. The summed E-state index contributed by atoms with van der Waals surface area (Å²) in [6.07, 6.45) is 4.49. The zero-order chi connectivity index (χ0) is 22.5. The predicted octanol–water partition coefficient (Wildman–Crippen LogP) is 7.82. The van der Waals surface area contributed by atoms with E-state index in [0.29, 0.717) is 0 Å². The maximum Gasteiger partial charge on any atom is 0.116 e. The second kappa shape index (κ2) is 7.53. The van der Waals surface area contributed by atoms with E-state index in [1.54, 1.807) is 6.33 Å². The van der Waals surface area contributed by atoms with Gasteiger partial charge >= 0.3 is 0 Å². The standard InChI is InChI=1S/C31H21N3/c1-5-11-30-22(7-1)17-23-8-2-6-12-31(23)34(30)24-15-13-21(14-16-24)27-18-29-28(19-32-20-33-29)26-10-4-3-9-25(26)27/h1-16,18-20H,17H2. The first-order valence-corrected chi connectivity index (χ1v) is 11.5. The zero-order valence-electron chi connectivity index (χ0n) is 18.5. The van der Waals surface area contributed by atoms with Crippen LogP contribution in [-0.2, 0) is 6.42 Å². The van der Waals surface area contributed by atoms with E-state index >= 15 is 0 Å². The van der Waals surface area contributed by atoms with Crippen LogP contribution in [0.2, 0.25) is 0 Å². The van der Waals surface area contributed by atoms with Crippen molar-refractivity contribution < 1.29 is 0 Å². The number of hydrogen-bond donors (Lipinski definition) is 0. The van der Waals surface area contributed by atoms with Gasteiger partial charge in [-0.25, -0.2) is 9.97 Å². The fourth-order valence-corrected chi connectivity index (χ4v) is 5.23. The molecule has 7 rings (SSSR count). The molecule has 0 N–H and O–H groups in total. The van der Waals surface area contributed by atoms with Crippen molar-refractivity contribution in [2.75, 3.05) is 4.90 Å². The summed E-state index contributed by atoms with van der Waals surface area (Å²) >= 11 is 0. The van der Waals surface area contributed by atoms with Crippen LogP contribution >= 0.6 is 0 Å². The molecule has 0 saturated carbocycles. The fourth-order valence-electron chi connectivity index (χ4n) is 5.23. The predicted molar refractivity (Wildman–Crippen MR) is 140 cm³/mol. The Balaban J connectivity index is 1.39. The van der Waals surface area contributed by atoms with Crippen molar-refractivity contribution in [3.8, 4) is 11.1 Å². The molecule has 0 saturated heterocycles. The molecule has 1 aliphatic rings. The molecule has 0 radical (unpaired) electrons. The average molecular weight is 436 g/mol. The zero-order valence-corrected chi connectivity index (χ0v) is 18.5. The number of aromatic nitrogens is 2. The van der Waals surface area contributed by atoms with E-state index in [4.69, 9.17) is 0 Å². The minimum absolute atomic E-state index is 0.964. The lowest BCUT2D eigenvalue weighted by Crippen LogP contribution is -2.18. The van der Waals surface area contributed by atoms with Crippen molar-refractivity contribution in [2.45, 2.75) is 6.42 Å². The number of para-hydroxylation sites is 2. The van der Waals surface area contributed by atoms with Gasteiger partial charge in [0.15, 0.2) is 0 Å². The van der Waals surface area contributed by atoms with Gasteiger partial charge in [0.1, 0.15) is 6.33 Å². The Morgan fingerprint density at radius 1 is 0.618 bits per heavy atom. The Bertz CT molecular complexity index is 1640. The Labute approximate surface area is 198 Å². The third kappa shape index (κ3) is 2.91. The fraction of sp³-hybridized carbons (Fsp3) is 0.0323. The van der Waals surface area contributed by atoms with Crippen LogP contribution in [0.3, 0.4) is 0 Å². The molecule has 0 fully saturated rings. The van der Waals surface area contributed by atoms with Gasteiger partial charge in [-0.2, -0.15) is 0 Å². The highest BCUT2D eigenvalue weighted by Crippen LogP contribution is 2.44. The SMILES string of the molecule is c1ccc2c(c1)Cc1ccccc1N2c1ccc(-c2cc3ncncc3c3ccccc23)cc1. The largest absolute Gasteiger partial charge is 0.310 e. The van der Waals surface area contributed by atoms with Crippen molar-refractivity contribution >= 4 is 38.7 Å². The van der Waals surface area contributed by atoms with Gasteiger partial charge in [0.05, 0.1) is 5.52 Å². The van der Waals surface area contributed by atoms with Crippen LogP contribution in [0.15, 0.2) is 116 Å². The molecule has 0 bridgehead atoms. The van der Waals surface area contributed by atoms with Gasteiger partial charge in [0.25, 0.3) is 0 Å². The average Bonchev–Trinajstić information content (AvgIpc) is 2.91. The van der Waals surface area contributed by atoms with Gasteiger partial charge in [0.2, 0.25) is 0 Å². The van der Waals surface area contributed by atoms with Crippen LogP contribution in [-0.4, -0.2) is 9.97 Å². The molecule has 0 aliphatic carbocycles. The Kier molecular flexibility index (Phi) is 4.21. The highest BCUT2D eigenvalue weighted by molar-refractivity contribution is 6.12. The summed E-state index contributed by atoms with van der Waals surface area (Å²) in [7, 11) is 0.